The monoisotopic (exact) mass is 355 g/mol. The third-order valence-corrected chi connectivity index (χ3v) is 3.89. The number of hydrogen-bond acceptors (Lipinski definition) is 4. The fourth-order valence-corrected chi connectivity index (χ4v) is 2.79. The van der Waals surface area contributed by atoms with E-state index in [1.807, 2.05) is 0 Å². The maximum Gasteiger partial charge on any atom is 0.335 e. The Morgan fingerprint density at radius 2 is 2.00 bits per heavy atom. The largest absolute Gasteiger partial charge is 0.478 e. The highest BCUT2D eigenvalue weighted by atomic mass is 79.9. The number of carboxylic acids is 1. The number of likely N-dealkylation sites (tertiary alicyclic amines) is 1. The van der Waals surface area contributed by atoms with Crippen LogP contribution in [0.5, 0.6) is 0 Å². The van der Waals surface area contributed by atoms with Crippen molar-refractivity contribution in [3.8, 4) is 0 Å². The number of carboxylic acid groups (broad SMARTS) is 1. The molecule has 1 aliphatic rings. The van der Waals surface area contributed by atoms with Crippen LogP contribution in [0.25, 0.3) is 0 Å². The lowest BCUT2D eigenvalue weighted by Crippen LogP contribution is -2.43. The number of nitrogens with zero attached hydrogens (tertiary/aromatic N) is 1. The van der Waals surface area contributed by atoms with Crippen molar-refractivity contribution < 1.29 is 14.7 Å². The van der Waals surface area contributed by atoms with E-state index in [0.29, 0.717) is 16.7 Å². The molecule has 1 fully saturated rings. The lowest BCUT2D eigenvalue weighted by molar-refractivity contribution is -0.117. The minimum absolute atomic E-state index is 0.128. The summed E-state index contributed by atoms with van der Waals surface area (Å²) < 4.78 is 0.613. The zero-order valence-electron chi connectivity index (χ0n) is 11.5. The van der Waals surface area contributed by atoms with E-state index in [2.05, 4.69) is 26.1 Å². The van der Waals surface area contributed by atoms with Gasteiger partial charge in [0.15, 0.2) is 0 Å². The number of nitrogens with one attached hydrogen (secondary N) is 1. The molecule has 114 valence electrons. The fourth-order valence-electron chi connectivity index (χ4n) is 2.30. The van der Waals surface area contributed by atoms with Crippen molar-refractivity contribution in [1.29, 1.82) is 0 Å². The molecule has 0 radical (unpaired) electrons. The van der Waals surface area contributed by atoms with Gasteiger partial charge in [0.1, 0.15) is 0 Å². The molecule has 0 bridgehead atoms. The van der Waals surface area contributed by atoms with E-state index >= 15 is 0 Å². The number of hydrogen-bond donors (Lipinski definition) is 3. The van der Waals surface area contributed by atoms with Crippen molar-refractivity contribution in [1.82, 2.24) is 4.90 Å². The average Bonchev–Trinajstić information content (AvgIpc) is 2.40. The van der Waals surface area contributed by atoms with Gasteiger partial charge in [-0.1, -0.05) is 15.9 Å². The number of nitrogens with two attached hydrogens (primary N) is 1. The lowest BCUT2D eigenvalue weighted by atomic mass is 10.1. The smallest absolute Gasteiger partial charge is 0.335 e. The second-order valence-corrected chi connectivity index (χ2v) is 6.11. The summed E-state index contributed by atoms with van der Waals surface area (Å²) in [5.74, 6) is -1.18. The maximum absolute atomic E-state index is 12.0. The van der Waals surface area contributed by atoms with Gasteiger partial charge in [0.25, 0.3) is 0 Å². The van der Waals surface area contributed by atoms with Gasteiger partial charge in [-0.15, -0.1) is 0 Å². The van der Waals surface area contributed by atoms with Crippen LogP contribution in [0.4, 0.5) is 5.69 Å². The Bertz CT molecular complexity index is 542. The third-order valence-electron chi connectivity index (χ3n) is 3.43. The molecule has 4 N–H and O–H groups in total. The predicted molar refractivity (Wildman–Crippen MR) is 83.4 cm³/mol. The molecule has 1 aromatic rings. The molecule has 2 rings (SSSR count). The van der Waals surface area contributed by atoms with Gasteiger partial charge in [-0.05, 0) is 31.0 Å². The predicted octanol–water partition coefficient (Wildman–Crippen LogP) is 1.51. The summed E-state index contributed by atoms with van der Waals surface area (Å²) in [6, 6.07) is 4.84. The second kappa shape index (κ2) is 7.02. The van der Waals surface area contributed by atoms with Gasteiger partial charge in [0.05, 0.1) is 12.1 Å². The van der Waals surface area contributed by atoms with E-state index in [4.69, 9.17) is 10.8 Å². The minimum atomic E-state index is -1.03. The van der Waals surface area contributed by atoms with Crippen molar-refractivity contribution in [2.24, 2.45) is 5.73 Å². The van der Waals surface area contributed by atoms with Gasteiger partial charge >= 0.3 is 5.97 Å². The Labute approximate surface area is 131 Å². The van der Waals surface area contributed by atoms with Crippen molar-refractivity contribution in [2.45, 2.75) is 18.9 Å². The molecule has 0 aromatic heterocycles. The highest BCUT2D eigenvalue weighted by Gasteiger charge is 2.18. The van der Waals surface area contributed by atoms with Crippen molar-refractivity contribution in [3.63, 3.8) is 0 Å². The van der Waals surface area contributed by atoms with Crippen LogP contribution in [0.3, 0.4) is 0 Å². The summed E-state index contributed by atoms with van der Waals surface area (Å²) in [6.07, 6.45) is 1.79. The number of halogens is 1. The topological polar surface area (TPSA) is 95.7 Å². The molecule has 1 saturated heterocycles. The highest BCUT2D eigenvalue weighted by Crippen LogP contribution is 2.20. The highest BCUT2D eigenvalue weighted by molar-refractivity contribution is 9.10. The molecule has 21 heavy (non-hydrogen) atoms. The van der Waals surface area contributed by atoms with Crippen LogP contribution in [0.15, 0.2) is 22.7 Å². The Morgan fingerprint density at radius 3 is 2.62 bits per heavy atom. The Kier molecular flexibility index (Phi) is 5.33. The molecule has 0 aliphatic carbocycles. The molecule has 1 amide bonds. The Hall–Kier alpha value is -1.44. The van der Waals surface area contributed by atoms with Crippen LogP contribution in [-0.4, -0.2) is 47.6 Å². The van der Waals surface area contributed by atoms with Gasteiger partial charge in [-0.3, -0.25) is 9.69 Å². The van der Waals surface area contributed by atoms with E-state index in [0.717, 1.165) is 25.9 Å². The fraction of sp³-hybridized carbons (Fsp3) is 0.429. The summed E-state index contributed by atoms with van der Waals surface area (Å²) in [6.45, 7) is 1.92. The van der Waals surface area contributed by atoms with Gasteiger partial charge in [0, 0.05) is 29.3 Å². The number of amides is 1. The number of carbonyl (C=O) groups is 2. The van der Waals surface area contributed by atoms with Crippen LogP contribution >= 0.6 is 15.9 Å². The van der Waals surface area contributed by atoms with Gasteiger partial charge in [-0.25, -0.2) is 4.79 Å². The molecule has 0 unspecified atom stereocenters. The summed E-state index contributed by atoms with van der Waals surface area (Å²) in [5.41, 5.74) is 6.43. The normalized spacial score (nSPS) is 16.7. The SMILES string of the molecule is NC1CCN(CC(=O)Nc2cc(Br)cc(C(=O)O)c2)CC1. The van der Waals surface area contributed by atoms with Crippen LogP contribution in [-0.2, 0) is 4.79 Å². The average molecular weight is 356 g/mol. The lowest BCUT2D eigenvalue weighted by Gasteiger charge is -2.29. The number of anilines is 1. The second-order valence-electron chi connectivity index (χ2n) is 5.20. The molecule has 1 heterocycles. The zero-order chi connectivity index (χ0) is 15.4. The molecular formula is C14H18BrN3O3. The number of rotatable bonds is 4. The van der Waals surface area contributed by atoms with Crippen molar-refractivity contribution in [3.05, 3.63) is 28.2 Å². The van der Waals surface area contributed by atoms with Crippen molar-refractivity contribution in [2.75, 3.05) is 25.0 Å². The van der Waals surface area contributed by atoms with Crippen LogP contribution in [0.2, 0.25) is 0 Å². The minimum Gasteiger partial charge on any atom is -0.478 e. The quantitative estimate of drug-likeness (QED) is 0.760. The molecule has 1 aromatic carbocycles. The van der Waals surface area contributed by atoms with Gasteiger partial charge < -0.3 is 16.2 Å². The summed E-state index contributed by atoms with van der Waals surface area (Å²) in [7, 11) is 0. The van der Waals surface area contributed by atoms with Crippen molar-refractivity contribution >= 4 is 33.5 Å². The Morgan fingerprint density at radius 1 is 1.33 bits per heavy atom. The number of aromatic carboxylic acids is 1. The molecule has 7 heteroatoms. The molecule has 1 aliphatic heterocycles. The number of benzene rings is 1. The van der Waals surface area contributed by atoms with E-state index in [-0.39, 0.29) is 17.5 Å². The number of carbonyl (C=O) groups excluding carboxylic acids is 1. The Balaban J connectivity index is 1.95. The molecule has 0 atom stereocenters. The first-order valence-corrected chi connectivity index (χ1v) is 7.55. The van der Waals surface area contributed by atoms with Gasteiger partial charge in [0.2, 0.25) is 5.91 Å². The molecular weight excluding hydrogens is 338 g/mol. The van der Waals surface area contributed by atoms with Crippen LogP contribution in [0.1, 0.15) is 23.2 Å². The van der Waals surface area contributed by atoms with Gasteiger partial charge in [-0.2, -0.15) is 0 Å². The standard InChI is InChI=1S/C14H18BrN3O3/c15-10-5-9(14(20)21)6-12(7-10)17-13(19)8-18-3-1-11(16)2-4-18/h5-7,11H,1-4,8,16H2,(H,17,19)(H,20,21). The first-order valence-electron chi connectivity index (χ1n) is 6.75. The molecule has 6 nitrogen and oxygen atoms in total. The van der Waals surface area contributed by atoms with Crippen LogP contribution in [0, 0.1) is 0 Å². The maximum atomic E-state index is 12.0. The summed E-state index contributed by atoms with van der Waals surface area (Å²) in [4.78, 5) is 25.0. The molecule has 0 saturated carbocycles. The van der Waals surface area contributed by atoms with E-state index < -0.39 is 5.97 Å². The van der Waals surface area contributed by atoms with E-state index in [1.54, 1.807) is 6.07 Å². The van der Waals surface area contributed by atoms with E-state index in [1.165, 1.54) is 12.1 Å². The third kappa shape index (κ3) is 4.80. The first kappa shape index (κ1) is 15.9. The van der Waals surface area contributed by atoms with Crippen LogP contribution < -0.4 is 11.1 Å². The zero-order valence-corrected chi connectivity index (χ0v) is 13.1. The first-order chi connectivity index (χ1) is 9.94. The van der Waals surface area contributed by atoms with E-state index in [9.17, 15) is 9.59 Å². The summed E-state index contributed by atoms with van der Waals surface area (Å²) in [5, 5.41) is 11.7. The summed E-state index contributed by atoms with van der Waals surface area (Å²) >= 11 is 3.24. The number of piperidine rings is 1. The molecule has 0 spiro atoms.